The average Bonchev–Trinajstić information content (AvgIpc) is 2.75. The van der Waals surface area contributed by atoms with Gasteiger partial charge in [0.2, 0.25) is 0 Å². The lowest BCUT2D eigenvalue weighted by Gasteiger charge is -2.33. The van der Waals surface area contributed by atoms with E-state index in [9.17, 15) is 0 Å². The third-order valence-electron chi connectivity index (χ3n) is 6.47. The molecule has 0 fully saturated rings. The monoisotopic (exact) mass is 424 g/mol. The Morgan fingerprint density at radius 2 is 1.41 bits per heavy atom. The first kappa shape index (κ1) is 23.8. The summed E-state index contributed by atoms with van der Waals surface area (Å²) in [7, 11) is -3.08. The minimum atomic E-state index is -1.65. The van der Waals surface area contributed by atoms with Crippen LogP contribution in [0.5, 0.6) is 0 Å². The molecule has 0 aliphatic heterocycles. The van der Waals surface area contributed by atoms with E-state index in [0.717, 1.165) is 6.42 Å². The number of aryl methyl sites for hydroxylation is 1. The Balaban J connectivity index is 2.13. The molecule has 1 atom stereocenters. The van der Waals surface area contributed by atoms with Gasteiger partial charge in [0.15, 0.2) is 8.32 Å². The molecule has 0 aliphatic carbocycles. The van der Waals surface area contributed by atoms with Gasteiger partial charge in [0, 0.05) is 0 Å². The Morgan fingerprint density at radius 1 is 0.828 bits per heavy atom. The summed E-state index contributed by atoms with van der Waals surface area (Å²) >= 11 is 0. The fraction of sp³-hybridized carbons (Fsp3) is 0.462. The molecule has 0 spiro atoms. The number of hydrogen-bond acceptors (Lipinski definition) is 1. The molecule has 0 saturated heterocycles. The van der Waals surface area contributed by atoms with Crippen LogP contribution in [0.2, 0.25) is 37.3 Å². The fourth-order valence-corrected chi connectivity index (χ4v) is 8.86. The minimum absolute atomic E-state index is 0.180. The predicted octanol–water partition coefficient (Wildman–Crippen LogP) is 7.62. The van der Waals surface area contributed by atoms with Crippen molar-refractivity contribution in [1.29, 1.82) is 0 Å². The first-order chi connectivity index (χ1) is 13.9. The van der Waals surface area contributed by atoms with Crippen LogP contribution in [0.4, 0.5) is 0 Å². The highest BCUT2D eigenvalue weighted by Gasteiger charge is 2.32. The molecule has 1 unspecified atom stereocenters. The van der Waals surface area contributed by atoms with Crippen LogP contribution in [0.3, 0.4) is 0 Å². The van der Waals surface area contributed by atoms with Crippen LogP contribution in [0, 0.1) is 6.92 Å². The molecule has 2 rings (SSSR count). The number of benzene rings is 2. The van der Waals surface area contributed by atoms with Gasteiger partial charge in [-0.25, -0.2) is 0 Å². The van der Waals surface area contributed by atoms with E-state index < -0.39 is 16.4 Å². The van der Waals surface area contributed by atoms with Crippen molar-refractivity contribution in [3.8, 4) is 0 Å². The summed E-state index contributed by atoms with van der Waals surface area (Å²) in [5, 5.41) is 1.53. The largest absolute Gasteiger partial charge is 0.410 e. The van der Waals surface area contributed by atoms with E-state index in [4.69, 9.17) is 4.43 Å². The average molecular weight is 425 g/mol. The fourth-order valence-electron chi connectivity index (χ4n) is 3.94. The van der Waals surface area contributed by atoms with Crippen molar-refractivity contribution >= 4 is 21.6 Å². The molecule has 0 bridgehead atoms. The Morgan fingerprint density at radius 3 is 1.97 bits per heavy atom. The molecular weight excluding hydrogens is 384 g/mol. The summed E-state index contributed by atoms with van der Waals surface area (Å²) < 4.78 is 6.93. The first-order valence-electron chi connectivity index (χ1n) is 11.3. The molecule has 1 nitrogen and oxygen atoms in total. The summed E-state index contributed by atoms with van der Waals surface area (Å²) in [4.78, 5) is 0. The summed E-state index contributed by atoms with van der Waals surface area (Å²) in [6, 6.07) is 24.7. The van der Waals surface area contributed by atoms with Gasteiger partial charge in [-0.1, -0.05) is 111 Å². The Bertz CT molecular complexity index is 738. The standard InChI is InChI=1S/C26H40OSi2/c1-7-29(8-2,9-3)27-26(24-20-18-23(4)19-21-24)17-13-14-22-28(5,6)25-15-11-10-12-16-25/h10-16,18-21,26H,7-9,17,22H2,1-6H3/b14-13-. The highest BCUT2D eigenvalue weighted by Crippen LogP contribution is 2.32. The predicted molar refractivity (Wildman–Crippen MR) is 134 cm³/mol. The molecule has 3 heteroatoms. The molecule has 0 N–H and O–H groups in total. The van der Waals surface area contributed by atoms with Crippen LogP contribution >= 0.6 is 0 Å². The zero-order valence-electron chi connectivity index (χ0n) is 19.4. The van der Waals surface area contributed by atoms with Crippen molar-refractivity contribution in [3.05, 3.63) is 77.9 Å². The lowest BCUT2D eigenvalue weighted by molar-refractivity contribution is 0.193. The molecule has 29 heavy (non-hydrogen) atoms. The highest BCUT2D eigenvalue weighted by atomic mass is 28.4. The molecule has 0 aliphatic rings. The molecular formula is C26H40OSi2. The summed E-state index contributed by atoms with van der Waals surface area (Å²) in [5.74, 6) is 0. The van der Waals surface area contributed by atoms with Crippen LogP contribution < -0.4 is 5.19 Å². The van der Waals surface area contributed by atoms with Crippen molar-refractivity contribution in [2.45, 2.75) is 77.5 Å². The third-order valence-corrected chi connectivity index (χ3v) is 14.3. The SMILES string of the molecule is CC[Si](CC)(CC)OC(C/C=C\C[Si](C)(C)c1ccccc1)c1ccc(C)cc1. The second-order valence-electron chi connectivity index (χ2n) is 8.92. The van der Waals surface area contributed by atoms with Gasteiger partial charge in [0.05, 0.1) is 14.2 Å². The van der Waals surface area contributed by atoms with Gasteiger partial charge in [-0.3, -0.25) is 0 Å². The minimum Gasteiger partial charge on any atom is -0.410 e. The van der Waals surface area contributed by atoms with E-state index in [1.54, 1.807) is 0 Å². The quantitative estimate of drug-likeness (QED) is 0.266. The number of hydrogen-bond donors (Lipinski definition) is 0. The van der Waals surface area contributed by atoms with Crippen LogP contribution in [0.1, 0.15) is 44.4 Å². The van der Waals surface area contributed by atoms with Gasteiger partial charge in [-0.2, -0.15) is 0 Å². The number of rotatable bonds is 11. The normalized spacial score (nSPS) is 13.7. The van der Waals surface area contributed by atoms with E-state index in [0.29, 0.717) is 0 Å². The molecule has 0 saturated carbocycles. The van der Waals surface area contributed by atoms with Crippen LogP contribution in [-0.4, -0.2) is 16.4 Å². The van der Waals surface area contributed by atoms with E-state index in [2.05, 4.69) is 108 Å². The summed E-state index contributed by atoms with van der Waals surface area (Å²) in [6.45, 7) is 14.0. The Hall–Kier alpha value is -1.43. The molecule has 2 aromatic carbocycles. The van der Waals surface area contributed by atoms with Crippen LogP contribution in [0.25, 0.3) is 0 Å². The zero-order valence-corrected chi connectivity index (χ0v) is 21.4. The van der Waals surface area contributed by atoms with Gasteiger partial charge in [-0.15, -0.1) is 0 Å². The van der Waals surface area contributed by atoms with E-state index in [1.165, 1.54) is 40.5 Å². The second kappa shape index (κ2) is 11.1. The molecule has 158 valence electrons. The topological polar surface area (TPSA) is 9.23 Å². The maximum atomic E-state index is 6.93. The number of allylic oxidation sites excluding steroid dienone is 1. The Kier molecular flexibility index (Phi) is 9.13. The van der Waals surface area contributed by atoms with Gasteiger partial charge in [0.1, 0.15) is 0 Å². The summed E-state index contributed by atoms with van der Waals surface area (Å²) in [5.41, 5.74) is 2.63. The van der Waals surface area contributed by atoms with Gasteiger partial charge in [-0.05, 0) is 43.1 Å². The van der Waals surface area contributed by atoms with Gasteiger partial charge < -0.3 is 4.43 Å². The smallest absolute Gasteiger partial charge is 0.192 e. The molecule has 0 radical (unpaired) electrons. The van der Waals surface area contributed by atoms with E-state index in [1.807, 2.05) is 0 Å². The van der Waals surface area contributed by atoms with Crippen molar-refractivity contribution in [2.75, 3.05) is 0 Å². The van der Waals surface area contributed by atoms with Crippen LogP contribution in [0.15, 0.2) is 66.7 Å². The third kappa shape index (κ3) is 6.80. The van der Waals surface area contributed by atoms with Gasteiger partial charge >= 0.3 is 0 Å². The second-order valence-corrected chi connectivity index (χ2v) is 18.4. The van der Waals surface area contributed by atoms with Gasteiger partial charge in [0.25, 0.3) is 0 Å². The maximum Gasteiger partial charge on any atom is 0.192 e. The molecule has 0 aromatic heterocycles. The van der Waals surface area contributed by atoms with Crippen molar-refractivity contribution in [2.24, 2.45) is 0 Å². The zero-order chi connectivity index (χ0) is 21.3. The Labute approximate surface area is 181 Å². The first-order valence-corrected chi connectivity index (χ1v) is 17.0. The van der Waals surface area contributed by atoms with Crippen molar-refractivity contribution in [3.63, 3.8) is 0 Å². The van der Waals surface area contributed by atoms with Crippen LogP contribution in [-0.2, 0) is 4.43 Å². The lowest BCUT2D eigenvalue weighted by atomic mass is 10.1. The lowest BCUT2D eigenvalue weighted by Crippen LogP contribution is -2.40. The maximum absolute atomic E-state index is 6.93. The van der Waals surface area contributed by atoms with Crippen molar-refractivity contribution < 1.29 is 4.43 Å². The molecule has 2 aromatic rings. The highest BCUT2D eigenvalue weighted by molar-refractivity contribution is 6.90. The van der Waals surface area contributed by atoms with E-state index >= 15 is 0 Å². The summed E-state index contributed by atoms with van der Waals surface area (Å²) in [6.07, 6.45) is 5.94. The van der Waals surface area contributed by atoms with E-state index in [-0.39, 0.29) is 6.10 Å². The molecule has 0 amide bonds. The molecule has 0 heterocycles. The van der Waals surface area contributed by atoms with Crippen molar-refractivity contribution in [1.82, 2.24) is 0 Å².